The van der Waals surface area contributed by atoms with Gasteiger partial charge in [-0.1, -0.05) is 12.1 Å². The van der Waals surface area contributed by atoms with Crippen LogP contribution in [0.25, 0.3) is 11.1 Å². The van der Waals surface area contributed by atoms with Crippen LogP contribution in [0.2, 0.25) is 0 Å². The van der Waals surface area contributed by atoms with E-state index in [4.69, 9.17) is 4.74 Å². The van der Waals surface area contributed by atoms with E-state index >= 15 is 0 Å². The molecule has 0 spiro atoms. The van der Waals surface area contributed by atoms with Crippen LogP contribution < -0.4 is 4.74 Å². The van der Waals surface area contributed by atoms with Crippen molar-refractivity contribution in [2.45, 2.75) is 25.3 Å². The summed E-state index contributed by atoms with van der Waals surface area (Å²) in [5.41, 5.74) is 5.07. The Kier molecular flexibility index (Phi) is 4.85. The van der Waals surface area contributed by atoms with Gasteiger partial charge in [0.15, 0.2) is 0 Å². The zero-order valence-electron chi connectivity index (χ0n) is 14.4. The molecule has 0 unspecified atom stereocenters. The third-order valence-corrected chi connectivity index (χ3v) is 5.76. The summed E-state index contributed by atoms with van der Waals surface area (Å²) in [4.78, 5) is 2.56. The fourth-order valence-electron chi connectivity index (χ4n) is 3.65. The van der Waals surface area contributed by atoms with Crippen LogP contribution in [0.4, 0.5) is 0 Å². The van der Waals surface area contributed by atoms with E-state index in [0.29, 0.717) is 5.92 Å². The molecule has 1 aliphatic rings. The van der Waals surface area contributed by atoms with Gasteiger partial charge in [0.1, 0.15) is 5.75 Å². The maximum Gasteiger partial charge on any atom is 0.119 e. The van der Waals surface area contributed by atoms with E-state index in [9.17, 15) is 0 Å². The lowest BCUT2D eigenvalue weighted by Crippen LogP contribution is -2.32. The predicted octanol–water partition coefficient (Wildman–Crippen LogP) is 4.53. The first-order valence-corrected chi connectivity index (χ1v) is 9.69. The zero-order chi connectivity index (χ0) is 17.1. The quantitative estimate of drug-likeness (QED) is 0.733. The lowest BCUT2D eigenvalue weighted by Gasteiger charge is -2.31. The minimum absolute atomic E-state index is 0.544. The molecular formula is C20H23N3OS. The summed E-state index contributed by atoms with van der Waals surface area (Å²) in [6, 6.07) is 10.5. The summed E-state index contributed by atoms with van der Waals surface area (Å²) in [5.74, 6) is 1.43. The molecule has 0 saturated carbocycles. The van der Waals surface area contributed by atoms with Crippen molar-refractivity contribution >= 4 is 11.3 Å². The first-order valence-electron chi connectivity index (χ1n) is 8.74. The smallest absolute Gasteiger partial charge is 0.119 e. The molecule has 1 aromatic carbocycles. The molecule has 1 saturated heterocycles. The minimum Gasteiger partial charge on any atom is -0.497 e. The van der Waals surface area contributed by atoms with Crippen molar-refractivity contribution in [3.63, 3.8) is 0 Å². The number of likely N-dealkylation sites (tertiary alicyclic amines) is 1. The lowest BCUT2D eigenvalue weighted by molar-refractivity contribution is 0.203. The van der Waals surface area contributed by atoms with Gasteiger partial charge in [0.05, 0.1) is 13.3 Å². The highest BCUT2D eigenvalue weighted by Gasteiger charge is 2.24. The molecule has 130 valence electrons. The van der Waals surface area contributed by atoms with Gasteiger partial charge in [-0.2, -0.15) is 16.4 Å². The van der Waals surface area contributed by atoms with Crippen LogP contribution >= 0.6 is 11.3 Å². The Labute approximate surface area is 152 Å². The van der Waals surface area contributed by atoms with E-state index in [-0.39, 0.29) is 0 Å². The average molecular weight is 353 g/mol. The Bertz CT molecular complexity index is 804. The van der Waals surface area contributed by atoms with Crippen molar-refractivity contribution in [2.24, 2.45) is 0 Å². The SMILES string of the molecule is COc1cccc(-c2cn[nH]c2C2CCN(Cc3ccsc3)CC2)c1. The number of hydrogen-bond donors (Lipinski definition) is 1. The monoisotopic (exact) mass is 353 g/mol. The summed E-state index contributed by atoms with van der Waals surface area (Å²) in [7, 11) is 1.71. The number of ether oxygens (including phenoxy) is 1. The van der Waals surface area contributed by atoms with E-state index in [1.54, 1.807) is 18.4 Å². The molecule has 1 N–H and O–H groups in total. The van der Waals surface area contributed by atoms with Gasteiger partial charge in [-0.05, 0) is 66.0 Å². The van der Waals surface area contributed by atoms with Crippen molar-refractivity contribution in [1.82, 2.24) is 15.1 Å². The molecule has 0 bridgehead atoms. The van der Waals surface area contributed by atoms with Crippen LogP contribution in [0.5, 0.6) is 5.75 Å². The van der Waals surface area contributed by atoms with E-state index in [1.807, 2.05) is 18.3 Å². The molecule has 5 heteroatoms. The first-order chi connectivity index (χ1) is 12.3. The number of piperidine rings is 1. The van der Waals surface area contributed by atoms with Gasteiger partial charge >= 0.3 is 0 Å². The number of aromatic amines is 1. The fraction of sp³-hybridized carbons (Fsp3) is 0.350. The molecule has 3 aromatic rings. The number of hydrogen-bond acceptors (Lipinski definition) is 4. The molecular weight excluding hydrogens is 330 g/mol. The summed E-state index contributed by atoms with van der Waals surface area (Å²) < 4.78 is 5.37. The predicted molar refractivity (Wildman–Crippen MR) is 102 cm³/mol. The van der Waals surface area contributed by atoms with E-state index in [1.165, 1.54) is 35.2 Å². The highest BCUT2D eigenvalue weighted by molar-refractivity contribution is 7.07. The molecule has 0 aliphatic carbocycles. The van der Waals surface area contributed by atoms with E-state index < -0.39 is 0 Å². The number of aromatic nitrogens is 2. The molecule has 3 heterocycles. The summed E-state index contributed by atoms with van der Waals surface area (Å²) >= 11 is 1.78. The number of nitrogens with zero attached hydrogens (tertiary/aromatic N) is 2. The molecule has 2 aromatic heterocycles. The van der Waals surface area contributed by atoms with Crippen LogP contribution in [0.3, 0.4) is 0 Å². The fourth-order valence-corrected chi connectivity index (χ4v) is 4.31. The number of H-pyrrole nitrogens is 1. The number of benzene rings is 1. The normalized spacial score (nSPS) is 16.2. The third-order valence-electron chi connectivity index (χ3n) is 5.03. The van der Waals surface area contributed by atoms with Gasteiger partial charge in [-0.15, -0.1) is 0 Å². The van der Waals surface area contributed by atoms with Crippen LogP contribution in [-0.4, -0.2) is 35.3 Å². The largest absolute Gasteiger partial charge is 0.497 e. The maximum atomic E-state index is 5.37. The van der Waals surface area contributed by atoms with E-state index in [0.717, 1.165) is 25.4 Å². The minimum atomic E-state index is 0.544. The topological polar surface area (TPSA) is 41.1 Å². The summed E-state index contributed by atoms with van der Waals surface area (Å²) in [6.07, 6.45) is 4.29. The number of nitrogens with one attached hydrogen (secondary N) is 1. The van der Waals surface area contributed by atoms with Crippen molar-refractivity contribution in [3.05, 3.63) is 58.5 Å². The lowest BCUT2D eigenvalue weighted by atomic mass is 9.89. The number of rotatable bonds is 5. The van der Waals surface area contributed by atoms with Gasteiger partial charge in [0.25, 0.3) is 0 Å². The molecule has 4 nitrogen and oxygen atoms in total. The second-order valence-corrected chi connectivity index (χ2v) is 7.39. The van der Waals surface area contributed by atoms with Gasteiger partial charge < -0.3 is 4.74 Å². The Morgan fingerprint density at radius 1 is 1.28 bits per heavy atom. The Morgan fingerprint density at radius 2 is 2.16 bits per heavy atom. The Balaban J connectivity index is 1.46. The second kappa shape index (κ2) is 7.42. The Hall–Kier alpha value is -2.11. The van der Waals surface area contributed by atoms with Crippen molar-refractivity contribution in [3.8, 4) is 16.9 Å². The molecule has 0 radical (unpaired) electrons. The van der Waals surface area contributed by atoms with Crippen LogP contribution in [-0.2, 0) is 6.54 Å². The maximum absolute atomic E-state index is 5.37. The third kappa shape index (κ3) is 3.62. The highest BCUT2D eigenvalue weighted by atomic mass is 32.1. The van der Waals surface area contributed by atoms with Crippen LogP contribution in [0.1, 0.15) is 30.0 Å². The standard InChI is InChI=1S/C20H23N3OS/c1-24-18-4-2-3-17(11-18)19-12-21-22-20(19)16-5-8-23(9-6-16)13-15-7-10-25-14-15/h2-4,7,10-12,14,16H,5-6,8-9,13H2,1H3,(H,21,22). The Morgan fingerprint density at radius 3 is 2.92 bits per heavy atom. The average Bonchev–Trinajstić information content (AvgIpc) is 3.34. The molecule has 0 atom stereocenters. The van der Waals surface area contributed by atoms with Gasteiger partial charge in [-0.3, -0.25) is 10.00 Å². The van der Waals surface area contributed by atoms with E-state index in [2.05, 4.69) is 44.1 Å². The molecule has 1 aliphatic heterocycles. The van der Waals surface area contributed by atoms with Crippen molar-refractivity contribution in [1.29, 1.82) is 0 Å². The zero-order valence-corrected chi connectivity index (χ0v) is 15.3. The number of thiophene rings is 1. The molecule has 1 fully saturated rings. The van der Waals surface area contributed by atoms with Crippen molar-refractivity contribution < 1.29 is 4.74 Å². The van der Waals surface area contributed by atoms with Crippen LogP contribution in [0, 0.1) is 0 Å². The van der Waals surface area contributed by atoms with Gasteiger partial charge in [-0.25, -0.2) is 0 Å². The number of methoxy groups -OCH3 is 1. The highest BCUT2D eigenvalue weighted by Crippen LogP contribution is 2.35. The second-order valence-electron chi connectivity index (χ2n) is 6.61. The molecule has 0 amide bonds. The first kappa shape index (κ1) is 16.4. The van der Waals surface area contributed by atoms with Gasteiger partial charge in [0, 0.05) is 23.7 Å². The summed E-state index contributed by atoms with van der Waals surface area (Å²) in [5, 5.41) is 12.0. The van der Waals surface area contributed by atoms with Crippen molar-refractivity contribution in [2.75, 3.05) is 20.2 Å². The molecule has 4 rings (SSSR count). The van der Waals surface area contributed by atoms with Gasteiger partial charge in [0.2, 0.25) is 0 Å². The van der Waals surface area contributed by atoms with Crippen LogP contribution in [0.15, 0.2) is 47.3 Å². The molecule has 25 heavy (non-hydrogen) atoms. The summed E-state index contributed by atoms with van der Waals surface area (Å²) in [6.45, 7) is 3.34.